The first kappa shape index (κ1) is 29.8. The van der Waals surface area contributed by atoms with Gasteiger partial charge in [-0.25, -0.2) is 9.59 Å². The number of anilines is 3. The van der Waals surface area contributed by atoms with Crippen molar-refractivity contribution < 1.29 is 42.5 Å². The van der Waals surface area contributed by atoms with E-state index in [1.54, 1.807) is 31.4 Å². The minimum absolute atomic E-state index is 0.170. The van der Waals surface area contributed by atoms with Crippen LogP contribution in [0.15, 0.2) is 66.7 Å². The SMILES string of the molecule is COc1ccccc1N1CCN(c2ccc(NC(=O)c3ccccc3C)cc2C(=O)O)CC1.O=C(O)C(F)(F)F. The van der Waals surface area contributed by atoms with E-state index in [4.69, 9.17) is 14.6 Å². The molecule has 1 aliphatic heterocycles. The molecule has 1 amide bonds. The zero-order valence-corrected chi connectivity index (χ0v) is 21.7. The molecule has 1 saturated heterocycles. The molecule has 9 nitrogen and oxygen atoms in total. The van der Waals surface area contributed by atoms with Crippen molar-refractivity contribution in [1.82, 2.24) is 0 Å². The molecule has 1 fully saturated rings. The van der Waals surface area contributed by atoms with Gasteiger partial charge in [-0.1, -0.05) is 30.3 Å². The van der Waals surface area contributed by atoms with Crippen molar-refractivity contribution in [2.24, 2.45) is 0 Å². The van der Waals surface area contributed by atoms with E-state index in [9.17, 15) is 27.9 Å². The number of nitrogens with zero attached hydrogens (tertiary/aromatic N) is 2. The van der Waals surface area contributed by atoms with Crippen molar-refractivity contribution in [2.45, 2.75) is 13.1 Å². The number of piperazine rings is 1. The first-order valence-electron chi connectivity index (χ1n) is 12.1. The zero-order valence-electron chi connectivity index (χ0n) is 21.7. The maximum Gasteiger partial charge on any atom is 0.490 e. The summed E-state index contributed by atoms with van der Waals surface area (Å²) in [5.74, 6) is -3.22. The molecule has 0 bridgehead atoms. The van der Waals surface area contributed by atoms with Gasteiger partial charge < -0.3 is 30.1 Å². The summed E-state index contributed by atoms with van der Waals surface area (Å²) in [6.45, 7) is 4.70. The number of carboxylic acids is 2. The van der Waals surface area contributed by atoms with Gasteiger partial charge in [0.2, 0.25) is 0 Å². The number of aryl methyl sites for hydroxylation is 1. The number of methoxy groups -OCH3 is 1. The smallest absolute Gasteiger partial charge is 0.490 e. The Morgan fingerprint density at radius 2 is 1.38 bits per heavy atom. The van der Waals surface area contributed by atoms with Crippen LogP contribution in [0.5, 0.6) is 5.75 Å². The standard InChI is InChI=1S/C26H27N3O4.C2HF3O2/c1-18-7-3-4-8-20(18)25(30)27-19-11-12-22(21(17-19)26(31)32)28-13-15-29(16-14-28)23-9-5-6-10-24(23)33-2;3-2(4,5)1(6)7/h3-12,17H,13-16H2,1-2H3,(H,27,30)(H,31,32);(H,6,7). The molecule has 0 atom stereocenters. The summed E-state index contributed by atoms with van der Waals surface area (Å²) >= 11 is 0. The van der Waals surface area contributed by atoms with E-state index in [-0.39, 0.29) is 11.5 Å². The molecule has 0 spiro atoms. The highest BCUT2D eigenvalue weighted by molar-refractivity contribution is 6.06. The van der Waals surface area contributed by atoms with Crippen molar-refractivity contribution in [3.05, 3.63) is 83.4 Å². The molecule has 212 valence electrons. The number of hydrogen-bond donors (Lipinski definition) is 3. The van der Waals surface area contributed by atoms with Crippen molar-refractivity contribution in [1.29, 1.82) is 0 Å². The Balaban J connectivity index is 0.000000559. The Bertz CT molecular complexity index is 1370. The third kappa shape index (κ3) is 7.43. The normalized spacial score (nSPS) is 13.1. The fraction of sp³-hybridized carbons (Fsp3) is 0.250. The Morgan fingerprint density at radius 1 is 0.825 bits per heavy atom. The monoisotopic (exact) mass is 559 g/mol. The summed E-state index contributed by atoms with van der Waals surface area (Å²) in [6, 6.07) is 20.2. The molecule has 4 rings (SSSR count). The number of para-hydroxylation sites is 2. The molecule has 3 aromatic rings. The molecule has 1 aliphatic rings. The molecule has 3 N–H and O–H groups in total. The predicted octanol–water partition coefficient (Wildman–Crippen LogP) is 4.91. The number of halogens is 3. The second-order valence-corrected chi connectivity index (χ2v) is 8.75. The van der Waals surface area contributed by atoms with Gasteiger partial charge in [0.05, 0.1) is 24.0 Å². The van der Waals surface area contributed by atoms with Gasteiger partial charge in [0.25, 0.3) is 5.91 Å². The maximum absolute atomic E-state index is 12.6. The van der Waals surface area contributed by atoms with Gasteiger partial charge in [0.1, 0.15) is 5.75 Å². The van der Waals surface area contributed by atoms with Crippen LogP contribution in [0.2, 0.25) is 0 Å². The number of alkyl halides is 3. The molecule has 0 aliphatic carbocycles. The molecule has 12 heteroatoms. The van der Waals surface area contributed by atoms with Crippen LogP contribution < -0.4 is 19.9 Å². The Morgan fingerprint density at radius 3 is 1.93 bits per heavy atom. The number of carboxylic acid groups (broad SMARTS) is 2. The lowest BCUT2D eigenvalue weighted by Gasteiger charge is -2.38. The number of carbonyl (C=O) groups is 3. The van der Waals surface area contributed by atoms with Crippen molar-refractivity contribution >= 4 is 34.9 Å². The van der Waals surface area contributed by atoms with Gasteiger partial charge in [-0.3, -0.25) is 4.79 Å². The van der Waals surface area contributed by atoms with E-state index < -0.39 is 18.1 Å². The van der Waals surface area contributed by atoms with Crippen LogP contribution >= 0.6 is 0 Å². The highest BCUT2D eigenvalue weighted by atomic mass is 19.4. The van der Waals surface area contributed by atoms with E-state index in [1.165, 1.54) is 6.07 Å². The lowest BCUT2D eigenvalue weighted by atomic mass is 10.1. The summed E-state index contributed by atoms with van der Waals surface area (Å²) in [4.78, 5) is 37.9. The van der Waals surface area contributed by atoms with Gasteiger partial charge in [-0.05, 0) is 48.9 Å². The van der Waals surface area contributed by atoms with E-state index in [2.05, 4.69) is 15.1 Å². The predicted molar refractivity (Wildman–Crippen MR) is 144 cm³/mol. The number of carbonyl (C=O) groups excluding carboxylic acids is 1. The summed E-state index contributed by atoms with van der Waals surface area (Å²) in [6.07, 6.45) is -5.08. The van der Waals surface area contributed by atoms with Gasteiger partial charge in [0.15, 0.2) is 0 Å². The quantitative estimate of drug-likeness (QED) is 0.390. The number of ether oxygens (including phenoxy) is 1. The molecule has 1 heterocycles. The van der Waals surface area contributed by atoms with E-state index in [0.717, 1.165) is 30.1 Å². The highest BCUT2D eigenvalue weighted by Gasteiger charge is 2.38. The number of benzene rings is 3. The number of aromatic carboxylic acids is 1. The Hall–Kier alpha value is -4.74. The second kappa shape index (κ2) is 12.9. The third-order valence-electron chi connectivity index (χ3n) is 6.16. The average molecular weight is 560 g/mol. The molecule has 0 radical (unpaired) electrons. The number of rotatable bonds is 6. The minimum Gasteiger partial charge on any atom is -0.495 e. The van der Waals surface area contributed by atoms with Crippen LogP contribution in [0.25, 0.3) is 0 Å². The summed E-state index contributed by atoms with van der Waals surface area (Å²) in [5, 5.41) is 19.8. The maximum atomic E-state index is 12.6. The molecule has 0 aromatic heterocycles. The van der Waals surface area contributed by atoms with E-state index in [0.29, 0.717) is 30.0 Å². The number of hydrogen-bond acceptors (Lipinski definition) is 6. The van der Waals surface area contributed by atoms with Crippen LogP contribution in [-0.4, -0.2) is 67.5 Å². The van der Waals surface area contributed by atoms with Crippen molar-refractivity contribution in [3.8, 4) is 5.75 Å². The zero-order chi connectivity index (χ0) is 29.4. The lowest BCUT2D eigenvalue weighted by Crippen LogP contribution is -2.47. The Kier molecular flexibility index (Phi) is 9.59. The summed E-state index contributed by atoms with van der Waals surface area (Å²) < 4.78 is 37.2. The van der Waals surface area contributed by atoms with Gasteiger partial charge in [0, 0.05) is 37.4 Å². The molecule has 3 aromatic carbocycles. The van der Waals surface area contributed by atoms with Crippen molar-refractivity contribution in [3.63, 3.8) is 0 Å². The molecule has 40 heavy (non-hydrogen) atoms. The molecule has 0 saturated carbocycles. The number of nitrogens with one attached hydrogen (secondary N) is 1. The summed E-state index contributed by atoms with van der Waals surface area (Å²) in [7, 11) is 1.66. The van der Waals surface area contributed by atoms with E-state index in [1.807, 2.05) is 43.3 Å². The largest absolute Gasteiger partial charge is 0.495 e. The van der Waals surface area contributed by atoms with Crippen LogP contribution in [0.1, 0.15) is 26.3 Å². The Labute approximate surface area is 228 Å². The van der Waals surface area contributed by atoms with Gasteiger partial charge in [-0.15, -0.1) is 0 Å². The van der Waals surface area contributed by atoms with Crippen LogP contribution in [-0.2, 0) is 4.79 Å². The fourth-order valence-electron chi connectivity index (χ4n) is 4.17. The third-order valence-corrected chi connectivity index (χ3v) is 6.16. The fourth-order valence-corrected chi connectivity index (χ4v) is 4.17. The average Bonchev–Trinajstić information content (AvgIpc) is 2.93. The highest BCUT2D eigenvalue weighted by Crippen LogP contribution is 2.31. The number of aliphatic carboxylic acids is 1. The van der Waals surface area contributed by atoms with Crippen LogP contribution in [0.3, 0.4) is 0 Å². The molecular weight excluding hydrogens is 531 g/mol. The van der Waals surface area contributed by atoms with Crippen molar-refractivity contribution in [2.75, 3.05) is 48.4 Å². The van der Waals surface area contributed by atoms with E-state index >= 15 is 0 Å². The topological polar surface area (TPSA) is 119 Å². The van der Waals surface area contributed by atoms with Crippen LogP contribution in [0, 0.1) is 6.92 Å². The van der Waals surface area contributed by atoms with Gasteiger partial charge in [-0.2, -0.15) is 13.2 Å². The van der Waals surface area contributed by atoms with Gasteiger partial charge >= 0.3 is 18.1 Å². The first-order chi connectivity index (χ1) is 18.9. The minimum atomic E-state index is -5.08. The first-order valence-corrected chi connectivity index (χ1v) is 12.1. The molecular formula is C28H28F3N3O6. The summed E-state index contributed by atoms with van der Waals surface area (Å²) in [5.41, 5.74) is 3.73. The second-order valence-electron chi connectivity index (χ2n) is 8.75. The van der Waals surface area contributed by atoms with Crippen LogP contribution in [0.4, 0.5) is 30.2 Å². The molecule has 0 unspecified atom stereocenters. The number of amides is 1. The lowest BCUT2D eigenvalue weighted by molar-refractivity contribution is -0.192.